The molecular weight excluding hydrogens is 299 g/mol. The van der Waals surface area contributed by atoms with Crippen LogP contribution in [0.25, 0.3) is 0 Å². The second-order valence-corrected chi connectivity index (χ2v) is 7.60. The highest BCUT2D eigenvalue weighted by molar-refractivity contribution is 7.87. The third-order valence-corrected chi connectivity index (χ3v) is 5.00. The van der Waals surface area contributed by atoms with Crippen LogP contribution in [0.2, 0.25) is 0 Å². The molecule has 8 heteroatoms. The van der Waals surface area contributed by atoms with Crippen LogP contribution < -0.4 is 4.72 Å². The van der Waals surface area contributed by atoms with Gasteiger partial charge in [0.25, 0.3) is 0 Å². The second kappa shape index (κ2) is 5.94. The molecule has 0 aromatic rings. The molecule has 106 valence electrons. The van der Waals surface area contributed by atoms with Gasteiger partial charge < -0.3 is 0 Å². The van der Waals surface area contributed by atoms with Crippen LogP contribution >= 0.6 is 23.2 Å². The van der Waals surface area contributed by atoms with Crippen molar-refractivity contribution in [1.82, 2.24) is 9.03 Å². The van der Waals surface area contributed by atoms with E-state index in [1.54, 1.807) is 0 Å². The van der Waals surface area contributed by atoms with Crippen LogP contribution in [-0.2, 0) is 15.0 Å². The summed E-state index contributed by atoms with van der Waals surface area (Å²) in [5.41, 5.74) is 0. The lowest BCUT2D eigenvalue weighted by Gasteiger charge is -2.21. The van der Waals surface area contributed by atoms with Crippen molar-refractivity contribution in [3.05, 3.63) is 0 Å². The molecule has 1 aliphatic rings. The maximum atomic E-state index is 12.0. The smallest absolute Gasteiger partial charge is 0.274 e. The molecule has 0 spiro atoms. The molecule has 0 aromatic carbocycles. The number of carbonyl (C=O) groups is 1. The summed E-state index contributed by atoms with van der Waals surface area (Å²) < 4.78 is 26.1. The quantitative estimate of drug-likeness (QED) is 0.726. The van der Waals surface area contributed by atoms with Gasteiger partial charge in [-0.2, -0.15) is 12.7 Å². The van der Waals surface area contributed by atoms with E-state index in [0.717, 1.165) is 0 Å². The zero-order valence-electron chi connectivity index (χ0n) is 10.4. The summed E-state index contributed by atoms with van der Waals surface area (Å²) in [6.45, 7) is 4.52. The van der Waals surface area contributed by atoms with Gasteiger partial charge in [0.15, 0.2) is 0 Å². The number of rotatable bonds is 7. The van der Waals surface area contributed by atoms with Crippen LogP contribution in [0.5, 0.6) is 0 Å². The molecule has 1 unspecified atom stereocenters. The lowest BCUT2D eigenvalue weighted by Crippen LogP contribution is -2.45. The molecule has 1 N–H and O–H groups in total. The number of carbonyl (C=O) groups excluding carboxylic acids is 1. The molecular formula is C10H18Cl2N2O3S. The van der Waals surface area contributed by atoms with Gasteiger partial charge in [-0.05, 0) is 19.3 Å². The highest BCUT2D eigenvalue weighted by Gasteiger charge is 2.57. The maximum Gasteiger partial charge on any atom is 0.303 e. The first kappa shape index (κ1) is 16.0. The van der Waals surface area contributed by atoms with E-state index in [-0.39, 0.29) is 0 Å². The molecule has 0 bridgehead atoms. The van der Waals surface area contributed by atoms with Crippen LogP contribution in [0.1, 0.15) is 33.1 Å². The van der Waals surface area contributed by atoms with E-state index in [9.17, 15) is 13.2 Å². The normalized spacial score (nSPS) is 21.9. The van der Waals surface area contributed by atoms with Gasteiger partial charge in [0, 0.05) is 13.1 Å². The summed E-state index contributed by atoms with van der Waals surface area (Å²) in [7, 11) is -3.78. The Morgan fingerprint density at radius 3 is 2.11 bits per heavy atom. The predicted molar refractivity (Wildman–Crippen MR) is 71.8 cm³/mol. The van der Waals surface area contributed by atoms with Gasteiger partial charge in [-0.25, -0.2) is 4.72 Å². The Hall–Kier alpha value is -0.0400. The van der Waals surface area contributed by atoms with E-state index in [1.807, 2.05) is 18.6 Å². The lowest BCUT2D eigenvalue weighted by molar-refractivity contribution is -0.120. The minimum Gasteiger partial charge on any atom is -0.274 e. The van der Waals surface area contributed by atoms with E-state index in [0.29, 0.717) is 32.4 Å². The Bertz CT molecular complexity index is 405. The molecule has 1 aliphatic carbocycles. The fourth-order valence-corrected chi connectivity index (χ4v) is 3.49. The van der Waals surface area contributed by atoms with Gasteiger partial charge in [0.2, 0.25) is 5.91 Å². The van der Waals surface area contributed by atoms with E-state index >= 15 is 0 Å². The molecule has 1 rings (SSSR count). The molecule has 0 saturated heterocycles. The van der Waals surface area contributed by atoms with Gasteiger partial charge in [-0.1, -0.05) is 13.8 Å². The first-order valence-corrected chi connectivity index (χ1v) is 8.13. The highest BCUT2D eigenvalue weighted by Crippen LogP contribution is 2.53. The largest absolute Gasteiger partial charge is 0.303 e. The standard InChI is InChI=1S/C10H18Cl2N2O3S/c1-3-5-14(6-4-2)18(16,17)13-9(15)8-7-10(8,11)12/h8H,3-7H2,1-2H3,(H,13,15). The molecule has 0 aliphatic heterocycles. The van der Waals surface area contributed by atoms with Crippen LogP contribution in [0, 0.1) is 5.92 Å². The summed E-state index contributed by atoms with van der Waals surface area (Å²) in [5, 5.41) is 0. The average Bonchev–Trinajstić information content (AvgIpc) is 2.87. The van der Waals surface area contributed by atoms with Gasteiger partial charge in [-0.3, -0.25) is 4.79 Å². The van der Waals surface area contributed by atoms with Gasteiger partial charge >= 0.3 is 10.2 Å². The summed E-state index contributed by atoms with van der Waals surface area (Å²) in [6.07, 6.45) is 1.67. The number of hydrogen-bond donors (Lipinski definition) is 1. The number of hydrogen-bond acceptors (Lipinski definition) is 3. The second-order valence-electron chi connectivity index (χ2n) is 4.39. The third-order valence-electron chi connectivity index (χ3n) is 2.66. The molecule has 0 radical (unpaired) electrons. The maximum absolute atomic E-state index is 12.0. The summed E-state index contributed by atoms with van der Waals surface area (Å²) >= 11 is 11.5. The fraction of sp³-hybridized carbons (Fsp3) is 0.900. The van der Waals surface area contributed by atoms with Crippen molar-refractivity contribution in [3.8, 4) is 0 Å². The lowest BCUT2D eigenvalue weighted by atomic mass is 10.4. The molecule has 1 fully saturated rings. The van der Waals surface area contributed by atoms with E-state index < -0.39 is 26.4 Å². The SMILES string of the molecule is CCCN(CCC)S(=O)(=O)NC(=O)C1CC1(Cl)Cl. The van der Waals surface area contributed by atoms with Crippen molar-refractivity contribution < 1.29 is 13.2 Å². The molecule has 18 heavy (non-hydrogen) atoms. The Morgan fingerprint density at radius 2 is 1.78 bits per heavy atom. The van der Waals surface area contributed by atoms with Gasteiger partial charge in [-0.15, -0.1) is 23.2 Å². The monoisotopic (exact) mass is 316 g/mol. The van der Waals surface area contributed by atoms with Crippen LogP contribution in [0.4, 0.5) is 0 Å². The van der Waals surface area contributed by atoms with E-state index in [1.165, 1.54) is 4.31 Å². The topological polar surface area (TPSA) is 66.5 Å². The minimum absolute atomic E-state index is 0.291. The average molecular weight is 317 g/mol. The first-order valence-electron chi connectivity index (χ1n) is 5.94. The van der Waals surface area contributed by atoms with Crippen molar-refractivity contribution >= 4 is 39.3 Å². The van der Waals surface area contributed by atoms with Crippen molar-refractivity contribution in [3.63, 3.8) is 0 Å². The van der Waals surface area contributed by atoms with E-state index in [2.05, 4.69) is 0 Å². The van der Waals surface area contributed by atoms with Crippen LogP contribution in [0.3, 0.4) is 0 Å². The van der Waals surface area contributed by atoms with Crippen molar-refractivity contribution in [1.29, 1.82) is 0 Å². The first-order chi connectivity index (χ1) is 8.24. The molecule has 1 atom stereocenters. The Morgan fingerprint density at radius 1 is 1.33 bits per heavy atom. The molecule has 1 amide bonds. The Balaban J connectivity index is 2.65. The summed E-state index contributed by atoms with van der Waals surface area (Å²) in [4.78, 5) is 11.7. The number of nitrogens with zero attached hydrogens (tertiary/aromatic N) is 1. The van der Waals surface area contributed by atoms with Crippen molar-refractivity contribution in [2.24, 2.45) is 5.92 Å². The molecule has 1 saturated carbocycles. The third kappa shape index (κ3) is 3.98. The van der Waals surface area contributed by atoms with Gasteiger partial charge in [0.05, 0.1) is 5.92 Å². The number of amides is 1. The zero-order chi connectivity index (χ0) is 14.0. The van der Waals surface area contributed by atoms with E-state index in [4.69, 9.17) is 23.2 Å². The van der Waals surface area contributed by atoms with Gasteiger partial charge in [0.1, 0.15) is 4.33 Å². The van der Waals surface area contributed by atoms with Crippen LogP contribution in [0.15, 0.2) is 0 Å². The Labute approximate surface area is 118 Å². The molecule has 0 heterocycles. The summed E-state index contributed by atoms with van der Waals surface area (Å²) in [6, 6.07) is 0. The number of halogens is 2. The van der Waals surface area contributed by atoms with Crippen molar-refractivity contribution in [2.75, 3.05) is 13.1 Å². The molecule has 5 nitrogen and oxygen atoms in total. The zero-order valence-corrected chi connectivity index (χ0v) is 12.8. The minimum atomic E-state index is -3.78. The van der Waals surface area contributed by atoms with Crippen LogP contribution in [-0.4, -0.2) is 36.1 Å². The highest BCUT2D eigenvalue weighted by atomic mass is 35.5. The fourth-order valence-electron chi connectivity index (χ4n) is 1.61. The van der Waals surface area contributed by atoms with Crippen molar-refractivity contribution in [2.45, 2.75) is 37.4 Å². The predicted octanol–water partition coefficient (Wildman–Crippen LogP) is 1.66. The summed E-state index contributed by atoms with van der Waals surface area (Å²) in [5.74, 6) is -1.27. The molecule has 0 aromatic heterocycles. The number of alkyl halides is 2. The number of nitrogens with one attached hydrogen (secondary N) is 1. The Kier molecular flexibility index (Phi) is 5.29.